The number of aliphatic hydroxyl groups is 1. The van der Waals surface area contributed by atoms with E-state index in [0.717, 1.165) is 12.1 Å². The lowest BCUT2D eigenvalue weighted by molar-refractivity contribution is -0.140. The Morgan fingerprint density at radius 2 is 2.10 bits per heavy atom. The van der Waals surface area contributed by atoms with Crippen LogP contribution in [-0.4, -0.2) is 17.8 Å². The topological polar surface area (TPSA) is 29.5 Å². The first kappa shape index (κ1) is 15.3. The van der Waals surface area contributed by atoms with E-state index in [0.29, 0.717) is 19.1 Å². The molecular formula is C14H16F4O2. The molecule has 1 fully saturated rings. The van der Waals surface area contributed by atoms with E-state index in [1.54, 1.807) is 0 Å². The molecule has 0 radical (unpaired) electrons. The summed E-state index contributed by atoms with van der Waals surface area (Å²) in [6.45, 7) is 2.20. The molecule has 0 saturated carbocycles. The van der Waals surface area contributed by atoms with Crippen LogP contribution in [0.25, 0.3) is 0 Å². The highest BCUT2D eigenvalue weighted by Gasteiger charge is 2.39. The molecule has 20 heavy (non-hydrogen) atoms. The van der Waals surface area contributed by atoms with E-state index in [1.807, 2.05) is 6.92 Å². The van der Waals surface area contributed by atoms with Crippen molar-refractivity contribution >= 4 is 0 Å². The van der Waals surface area contributed by atoms with Gasteiger partial charge in [-0.25, -0.2) is 4.39 Å². The van der Waals surface area contributed by atoms with Crippen molar-refractivity contribution in [2.75, 3.05) is 6.61 Å². The third kappa shape index (κ3) is 2.96. The molecule has 2 rings (SSSR count). The minimum Gasteiger partial charge on any atom is -0.385 e. The zero-order chi connectivity index (χ0) is 15.0. The minimum atomic E-state index is -4.73. The van der Waals surface area contributed by atoms with Crippen LogP contribution in [0.15, 0.2) is 18.2 Å². The maximum Gasteiger partial charge on any atom is 0.419 e. The average molecular weight is 292 g/mol. The lowest BCUT2D eigenvalue weighted by Crippen LogP contribution is -2.38. The number of benzene rings is 1. The summed E-state index contributed by atoms with van der Waals surface area (Å²) in [6.07, 6.45) is -3.71. The van der Waals surface area contributed by atoms with Crippen LogP contribution in [0, 0.1) is 5.82 Å². The molecule has 0 aromatic heterocycles. The van der Waals surface area contributed by atoms with E-state index in [1.165, 1.54) is 0 Å². The molecule has 2 atom stereocenters. The monoisotopic (exact) mass is 292 g/mol. The highest BCUT2D eigenvalue weighted by molar-refractivity contribution is 5.30. The van der Waals surface area contributed by atoms with Gasteiger partial charge in [-0.1, -0.05) is 13.0 Å². The number of alkyl halides is 3. The van der Waals surface area contributed by atoms with Crippen LogP contribution in [0.4, 0.5) is 17.6 Å². The lowest BCUT2D eigenvalue weighted by Gasteiger charge is -2.37. The van der Waals surface area contributed by atoms with Crippen molar-refractivity contribution in [3.8, 4) is 0 Å². The van der Waals surface area contributed by atoms with E-state index >= 15 is 0 Å². The molecule has 0 aliphatic carbocycles. The highest BCUT2D eigenvalue weighted by Crippen LogP contribution is 2.38. The Morgan fingerprint density at radius 1 is 1.40 bits per heavy atom. The molecule has 112 valence electrons. The van der Waals surface area contributed by atoms with Gasteiger partial charge in [0.25, 0.3) is 0 Å². The van der Waals surface area contributed by atoms with Crippen molar-refractivity contribution in [2.45, 2.75) is 44.1 Å². The van der Waals surface area contributed by atoms with Crippen LogP contribution in [-0.2, 0) is 16.5 Å². The van der Waals surface area contributed by atoms with Crippen molar-refractivity contribution in [3.63, 3.8) is 0 Å². The lowest BCUT2D eigenvalue weighted by atomic mass is 9.82. The summed E-state index contributed by atoms with van der Waals surface area (Å²) in [5.74, 6) is -1.36. The van der Waals surface area contributed by atoms with Gasteiger partial charge < -0.3 is 9.84 Å². The fraction of sp³-hybridized carbons (Fsp3) is 0.571. The van der Waals surface area contributed by atoms with E-state index in [2.05, 4.69) is 0 Å². The zero-order valence-corrected chi connectivity index (χ0v) is 11.0. The first-order chi connectivity index (χ1) is 9.26. The first-order valence-electron chi connectivity index (χ1n) is 6.47. The number of hydrogen-bond acceptors (Lipinski definition) is 2. The van der Waals surface area contributed by atoms with Gasteiger partial charge in [-0.05, 0) is 24.1 Å². The average Bonchev–Trinajstić information content (AvgIpc) is 2.37. The molecule has 1 saturated heterocycles. The Labute approximate surface area is 114 Å². The highest BCUT2D eigenvalue weighted by atomic mass is 19.4. The summed E-state index contributed by atoms with van der Waals surface area (Å²) in [5, 5.41) is 10.5. The molecule has 2 nitrogen and oxygen atoms in total. The quantitative estimate of drug-likeness (QED) is 0.844. The normalized spacial score (nSPS) is 27.6. The second kappa shape index (κ2) is 5.33. The Bertz CT molecular complexity index is 487. The number of hydrogen-bond donors (Lipinski definition) is 1. The van der Waals surface area contributed by atoms with Crippen molar-refractivity contribution in [3.05, 3.63) is 35.1 Å². The summed E-state index contributed by atoms with van der Waals surface area (Å²) in [7, 11) is 0. The van der Waals surface area contributed by atoms with Gasteiger partial charge >= 0.3 is 6.18 Å². The number of ether oxygens (including phenoxy) is 1. The summed E-state index contributed by atoms with van der Waals surface area (Å²) in [6, 6.07) is 2.60. The summed E-state index contributed by atoms with van der Waals surface area (Å²) >= 11 is 0. The van der Waals surface area contributed by atoms with Crippen LogP contribution < -0.4 is 0 Å². The Balaban J connectivity index is 2.31. The van der Waals surface area contributed by atoms with E-state index in [9.17, 15) is 22.7 Å². The van der Waals surface area contributed by atoms with Crippen molar-refractivity contribution < 1.29 is 27.4 Å². The standard InChI is InChI=1S/C14H16F4O2/c1-2-10-8-13(19,5-6-20-10)9-3-4-11(12(15)7-9)14(16,17)18/h3-4,7,10,19H,2,5-6,8H2,1H3. The Hall–Kier alpha value is -1.14. The second-order valence-corrected chi connectivity index (χ2v) is 5.08. The zero-order valence-electron chi connectivity index (χ0n) is 11.0. The molecule has 1 heterocycles. The first-order valence-corrected chi connectivity index (χ1v) is 6.47. The maximum absolute atomic E-state index is 13.6. The van der Waals surface area contributed by atoms with E-state index < -0.39 is 23.2 Å². The summed E-state index contributed by atoms with van der Waals surface area (Å²) in [5.41, 5.74) is -2.47. The van der Waals surface area contributed by atoms with E-state index in [-0.39, 0.29) is 24.5 Å². The van der Waals surface area contributed by atoms with E-state index in [4.69, 9.17) is 4.74 Å². The van der Waals surface area contributed by atoms with Gasteiger partial charge in [-0.2, -0.15) is 13.2 Å². The molecule has 1 N–H and O–H groups in total. The molecule has 1 aromatic rings. The third-order valence-electron chi connectivity index (χ3n) is 3.70. The Morgan fingerprint density at radius 3 is 2.65 bits per heavy atom. The van der Waals surface area contributed by atoms with Crippen LogP contribution in [0.2, 0.25) is 0 Å². The minimum absolute atomic E-state index is 0.167. The molecule has 1 aromatic carbocycles. The SMILES string of the molecule is CCC1CC(O)(c2ccc(C(F)(F)F)c(F)c2)CCO1. The predicted octanol–water partition coefficient (Wildman–Crippen LogP) is 3.62. The smallest absolute Gasteiger partial charge is 0.385 e. The van der Waals surface area contributed by atoms with Crippen molar-refractivity contribution in [1.29, 1.82) is 0 Å². The summed E-state index contributed by atoms with van der Waals surface area (Å²) in [4.78, 5) is 0. The Kier molecular flexibility index (Phi) is 4.07. The van der Waals surface area contributed by atoms with Gasteiger partial charge in [0.1, 0.15) is 5.82 Å². The predicted molar refractivity (Wildman–Crippen MR) is 64.6 cm³/mol. The van der Waals surface area contributed by atoms with Crippen molar-refractivity contribution in [2.24, 2.45) is 0 Å². The van der Waals surface area contributed by atoms with Gasteiger partial charge in [-0.15, -0.1) is 0 Å². The maximum atomic E-state index is 13.6. The molecule has 6 heteroatoms. The van der Waals surface area contributed by atoms with Gasteiger partial charge in [0, 0.05) is 12.8 Å². The van der Waals surface area contributed by atoms with Gasteiger partial charge in [0.2, 0.25) is 0 Å². The molecule has 0 spiro atoms. The number of halogens is 4. The molecule has 0 amide bonds. The molecular weight excluding hydrogens is 276 g/mol. The van der Waals surface area contributed by atoms with Crippen molar-refractivity contribution in [1.82, 2.24) is 0 Å². The van der Waals surface area contributed by atoms with Crippen LogP contribution in [0.5, 0.6) is 0 Å². The molecule has 1 aliphatic rings. The van der Waals surface area contributed by atoms with Gasteiger partial charge in [0.05, 0.1) is 23.9 Å². The third-order valence-corrected chi connectivity index (χ3v) is 3.70. The molecule has 1 aliphatic heterocycles. The fourth-order valence-corrected chi connectivity index (χ4v) is 2.49. The van der Waals surface area contributed by atoms with Gasteiger partial charge in [-0.3, -0.25) is 0 Å². The largest absolute Gasteiger partial charge is 0.419 e. The van der Waals surface area contributed by atoms with Crippen LogP contribution in [0.3, 0.4) is 0 Å². The van der Waals surface area contributed by atoms with Gasteiger partial charge in [0.15, 0.2) is 0 Å². The van der Waals surface area contributed by atoms with Crippen LogP contribution >= 0.6 is 0 Å². The summed E-state index contributed by atoms with van der Waals surface area (Å²) < 4.78 is 56.5. The molecule has 2 unspecified atom stereocenters. The second-order valence-electron chi connectivity index (χ2n) is 5.08. The fourth-order valence-electron chi connectivity index (χ4n) is 2.49. The molecule has 0 bridgehead atoms. The number of rotatable bonds is 2. The van der Waals surface area contributed by atoms with Crippen LogP contribution in [0.1, 0.15) is 37.3 Å².